The summed E-state index contributed by atoms with van der Waals surface area (Å²) in [5.74, 6) is 0. The Balaban J connectivity index is 2.18. The van der Waals surface area contributed by atoms with Gasteiger partial charge in [0, 0.05) is 15.4 Å². The van der Waals surface area contributed by atoms with Crippen LogP contribution in [0.1, 0.15) is 17.3 Å². The third kappa shape index (κ3) is 2.31. The first-order valence-corrected chi connectivity index (χ1v) is 7.72. The Morgan fingerprint density at radius 3 is 2.89 bits per heavy atom. The summed E-state index contributed by atoms with van der Waals surface area (Å²) in [6.07, 6.45) is 1.83. The Morgan fingerprint density at radius 1 is 1.21 bits per heavy atom. The van der Waals surface area contributed by atoms with E-state index in [4.69, 9.17) is 0 Å². The van der Waals surface area contributed by atoms with Crippen molar-refractivity contribution in [2.24, 2.45) is 0 Å². The minimum Gasteiger partial charge on any atom is -0.308 e. The van der Waals surface area contributed by atoms with Gasteiger partial charge in [0.2, 0.25) is 0 Å². The van der Waals surface area contributed by atoms with Crippen LogP contribution in [0.5, 0.6) is 0 Å². The molecule has 0 radical (unpaired) electrons. The van der Waals surface area contributed by atoms with E-state index in [1.54, 1.807) is 11.3 Å². The number of thiophene rings is 1. The highest BCUT2D eigenvalue weighted by Gasteiger charge is 2.18. The third-order valence-electron chi connectivity index (χ3n) is 3.17. The first-order chi connectivity index (χ1) is 9.31. The van der Waals surface area contributed by atoms with Crippen LogP contribution in [0.15, 0.2) is 52.4 Å². The third-order valence-corrected chi connectivity index (χ3v) is 4.82. The molecule has 2 heterocycles. The lowest BCUT2D eigenvalue weighted by Gasteiger charge is -2.18. The van der Waals surface area contributed by atoms with Crippen LogP contribution in [-0.2, 0) is 0 Å². The van der Waals surface area contributed by atoms with Crippen LogP contribution in [0.25, 0.3) is 10.1 Å². The molecule has 0 aliphatic heterocycles. The smallest absolute Gasteiger partial charge is 0.0774 e. The SMILES string of the molecule is CNC(c1ncccc1Br)c1cccc2ccsc12. The van der Waals surface area contributed by atoms with E-state index in [0.717, 1.165) is 10.2 Å². The highest BCUT2D eigenvalue weighted by Crippen LogP contribution is 2.33. The van der Waals surface area contributed by atoms with E-state index < -0.39 is 0 Å². The monoisotopic (exact) mass is 332 g/mol. The van der Waals surface area contributed by atoms with Crippen LogP contribution in [-0.4, -0.2) is 12.0 Å². The molecule has 0 aliphatic carbocycles. The molecule has 0 bridgehead atoms. The van der Waals surface area contributed by atoms with Gasteiger partial charge in [-0.3, -0.25) is 4.98 Å². The number of aromatic nitrogens is 1. The van der Waals surface area contributed by atoms with E-state index in [2.05, 4.69) is 55.9 Å². The normalized spacial score (nSPS) is 12.7. The van der Waals surface area contributed by atoms with E-state index in [1.807, 2.05) is 25.4 Å². The van der Waals surface area contributed by atoms with Crippen molar-refractivity contribution in [1.82, 2.24) is 10.3 Å². The summed E-state index contributed by atoms with van der Waals surface area (Å²) in [7, 11) is 1.97. The van der Waals surface area contributed by atoms with Crippen molar-refractivity contribution < 1.29 is 0 Å². The lowest BCUT2D eigenvalue weighted by molar-refractivity contribution is 0.673. The van der Waals surface area contributed by atoms with Gasteiger partial charge in [-0.2, -0.15) is 0 Å². The molecule has 0 saturated carbocycles. The fraction of sp³-hybridized carbons (Fsp3) is 0.133. The second-order valence-electron chi connectivity index (χ2n) is 4.28. The number of benzene rings is 1. The molecule has 1 unspecified atom stereocenters. The molecule has 1 aromatic carbocycles. The molecule has 2 aromatic heterocycles. The summed E-state index contributed by atoms with van der Waals surface area (Å²) >= 11 is 5.37. The molecule has 1 N–H and O–H groups in total. The fourth-order valence-corrected chi connectivity index (χ4v) is 3.72. The maximum absolute atomic E-state index is 4.51. The minimum absolute atomic E-state index is 0.0953. The molecule has 96 valence electrons. The molecule has 1 atom stereocenters. The van der Waals surface area contributed by atoms with E-state index in [1.165, 1.54) is 15.6 Å². The van der Waals surface area contributed by atoms with Crippen LogP contribution in [0.3, 0.4) is 0 Å². The van der Waals surface area contributed by atoms with Crippen LogP contribution < -0.4 is 5.32 Å². The summed E-state index contributed by atoms with van der Waals surface area (Å²) in [6, 6.07) is 12.6. The van der Waals surface area contributed by atoms with Crippen molar-refractivity contribution in [2.45, 2.75) is 6.04 Å². The zero-order chi connectivity index (χ0) is 13.2. The van der Waals surface area contributed by atoms with Gasteiger partial charge in [-0.05, 0) is 57.5 Å². The summed E-state index contributed by atoms with van der Waals surface area (Å²) in [6.45, 7) is 0. The van der Waals surface area contributed by atoms with Gasteiger partial charge in [-0.25, -0.2) is 0 Å². The van der Waals surface area contributed by atoms with Gasteiger partial charge < -0.3 is 5.32 Å². The Kier molecular flexibility index (Phi) is 3.64. The maximum Gasteiger partial charge on any atom is 0.0774 e. The molecule has 3 aromatic rings. The first kappa shape index (κ1) is 12.8. The van der Waals surface area contributed by atoms with Crippen LogP contribution >= 0.6 is 27.3 Å². The van der Waals surface area contributed by atoms with Crippen molar-refractivity contribution in [1.29, 1.82) is 0 Å². The van der Waals surface area contributed by atoms with Crippen molar-refractivity contribution in [2.75, 3.05) is 7.05 Å². The molecule has 0 aliphatic rings. The van der Waals surface area contributed by atoms with Gasteiger partial charge in [0.05, 0.1) is 11.7 Å². The van der Waals surface area contributed by atoms with E-state index in [-0.39, 0.29) is 6.04 Å². The second-order valence-corrected chi connectivity index (χ2v) is 6.05. The zero-order valence-electron chi connectivity index (χ0n) is 10.4. The van der Waals surface area contributed by atoms with Crippen molar-refractivity contribution in [3.8, 4) is 0 Å². The molecule has 2 nitrogen and oxygen atoms in total. The van der Waals surface area contributed by atoms with Crippen molar-refractivity contribution in [3.63, 3.8) is 0 Å². The van der Waals surface area contributed by atoms with E-state index in [0.29, 0.717) is 0 Å². The summed E-state index contributed by atoms with van der Waals surface area (Å²) in [5, 5.41) is 6.79. The molecule has 0 fully saturated rings. The number of hydrogen-bond donors (Lipinski definition) is 1. The largest absolute Gasteiger partial charge is 0.308 e. The molecule has 0 saturated heterocycles. The number of halogens is 1. The fourth-order valence-electron chi connectivity index (χ4n) is 2.29. The maximum atomic E-state index is 4.51. The predicted octanol–water partition coefficient (Wildman–Crippen LogP) is 4.37. The highest BCUT2D eigenvalue weighted by atomic mass is 79.9. The Bertz CT molecular complexity index is 708. The molecule has 19 heavy (non-hydrogen) atoms. The summed E-state index contributed by atoms with van der Waals surface area (Å²) < 4.78 is 2.35. The summed E-state index contributed by atoms with van der Waals surface area (Å²) in [4.78, 5) is 4.51. The van der Waals surface area contributed by atoms with E-state index >= 15 is 0 Å². The van der Waals surface area contributed by atoms with Crippen LogP contribution in [0.4, 0.5) is 0 Å². The highest BCUT2D eigenvalue weighted by molar-refractivity contribution is 9.10. The predicted molar refractivity (Wildman–Crippen MR) is 84.7 cm³/mol. The van der Waals surface area contributed by atoms with Gasteiger partial charge in [-0.15, -0.1) is 11.3 Å². The number of rotatable bonds is 3. The molecule has 3 rings (SSSR count). The lowest BCUT2D eigenvalue weighted by Crippen LogP contribution is -2.19. The quantitative estimate of drug-likeness (QED) is 0.770. The molecular formula is C15H13BrN2S. The van der Waals surface area contributed by atoms with Crippen molar-refractivity contribution >= 4 is 37.4 Å². The summed E-state index contributed by atoms with van der Waals surface area (Å²) in [5.41, 5.74) is 2.29. The zero-order valence-corrected chi connectivity index (χ0v) is 12.8. The molecule has 4 heteroatoms. The van der Waals surface area contributed by atoms with Crippen LogP contribution in [0.2, 0.25) is 0 Å². The van der Waals surface area contributed by atoms with Gasteiger partial charge in [0.15, 0.2) is 0 Å². The van der Waals surface area contributed by atoms with E-state index in [9.17, 15) is 0 Å². The minimum atomic E-state index is 0.0953. The number of hydrogen-bond acceptors (Lipinski definition) is 3. The standard InChI is InChI=1S/C15H13BrN2S/c1-17-13(14-12(16)6-3-8-18-14)11-5-2-4-10-7-9-19-15(10)11/h2-9,13,17H,1H3. The second kappa shape index (κ2) is 5.41. The Morgan fingerprint density at radius 2 is 2.11 bits per heavy atom. The van der Waals surface area contributed by atoms with Crippen LogP contribution in [0, 0.1) is 0 Å². The first-order valence-electron chi connectivity index (χ1n) is 6.05. The molecule has 0 spiro atoms. The average molecular weight is 333 g/mol. The Labute approximate surface area is 124 Å². The van der Waals surface area contributed by atoms with Gasteiger partial charge in [-0.1, -0.05) is 18.2 Å². The van der Waals surface area contributed by atoms with Gasteiger partial charge >= 0.3 is 0 Å². The molecule has 0 amide bonds. The number of nitrogens with one attached hydrogen (secondary N) is 1. The molecular weight excluding hydrogens is 320 g/mol. The lowest BCUT2D eigenvalue weighted by atomic mass is 10.0. The van der Waals surface area contributed by atoms with Gasteiger partial charge in [0.1, 0.15) is 0 Å². The number of nitrogens with zero attached hydrogens (tertiary/aromatic N) is 1. The van der Waals surface area contributed by atoms with Gasteiger partial charge in [0.25, 0.3) is 0 Å². The average Bonchev–Trinajstić information content (AvgIpc) is 2.91. The van der Waals surface area contributed by atoms with Crippen molar-refractivity contribution in [3.05, 3.63) is 63.7 Å². The number of fused-ring (bicyclic) bond motifs is 1. The Hall–Kier alpha value is -1.23. The number of pyridine rings is 1. The topological polar surface area (TPSA) is 24.9 Å².